The van der Waals surface area contributed by atoms with Gasteiger partial charge in [-0.05, 0) is 30.0 Å². The molecular formula is C19H24OSi. The summed E-state index contributed by atoms with van der Waals surface area (Å²) < 4.78 is 6.31. The Hall–Kier alpha value is -1.38. The van der Waals surface area contributed by atoms with E-state index < -0.39 is 9.04 Å². The van der Waals surface area contributed by atoms with Crippen LogP contribution in [0.15, 0.2) is 60.7 Å². The molecule has 1 aliphatic heterocycles. The monoisotopic (exact) mass is 296 g/mol. The predicted molar refractivity (Wildman–Crippen MR) is 91.1 cm³/mol. The third-order valence-corrected chi connectivity index (χ3v) is 8.27. The van der Waals surface area contributed by atoms with Crippen LogP contribution in [0.5, 0.6) is 0 Å². The van der Waals surface area contributed by atoms with Crippen LogP contribution in [0.2, 0.25) is 6.04 Å². The summed E-state index contributed by atoms with van der Waals surface area (Å²) in [6, 6.07) is 23.2. The zero-order valence-corrected chi connectivity index (χ0v) is 13.9. The van der Waals surface area contributed by atoms with Gasteiger partial charge in [0.25, 0.3) is 0 Å². The Morgan fingerprint density at radius 1 is 0.952 bits per heavy atom. The molecule has 1 fully saturated rings. The molecule has 0 saturated carbocycles. The van der Waals surface area contributed by atoms with Crippen LogP contribution in [0.1, 0.15) is 30.9 Å². The smallest absolute Gasteiger partial charge is 0.187 e. The van der Waals surface area contributed by atoms with Gasteiger partial charge in [0.05, 0.1) is 0 Å². The van der Waals surface area contributed by atoms with Gasteiger partial charge in [0, 0.05) is 11.6 Å². The van der Waals surface area contributed by atoms with Gasteiger partial charge in [-0.2, -0.15) is 0 Å². The van der Waals surface area contributed by atoms with Crippen molar-refractivity contribution in [3.63, 3.8) is 0 Å². The number of rotatable bonds is 4. The number of benzene rings is 2. The Kier molecular flexibility index (Phi) is 4.56. The third kappa shape index (κ3) is 3.28. The minimum absolute atomic E-state index is 0.184. The van der Waals surface area contributed by atoms with Crippen molar-refractivity contribution in [1.82, 2.24) is 0 Å². The molecule has 0 spiro atoms. The summed E-state index contributed by atoms with van der Waals surface area (Å²) in [6.07, 6.45) is 3.67. The molecule has 2 aromatic carbocycles. The van der Waals surface area contributed by atoms with Crippen molar-refractivity contribution in [3.05, 3.63) is 71.8 Å². The molecule has 1 saturated heterocycles. The SMILES string of the molecule is CC(Cc1ccccc1)(c1ccccc1)[SiH]1CCCCO1. The van der Waals surface area contributed by atoms with Crippen molar-refractivity contribution in [3.8, 4) is 0 Å². The first-order valence-corrected chi connectivity index (χ1v) is 9.87. The largest absolute Gasteiger partial charge is 0.419 e. The summed E-state index contributed by atoms with van der Waals surface area (Å²) in [4.78, 5) is 0. The van der Waals surface area contributed by atoms with E-state index in [0.717, 1.165) is 13.0 Å². The van der Waals surface area contributed by atoms with Crippen LogP contribution >= 0.6 is 0 Å². The lowest BCUT2D eigenvalue weighted by atomic mass is 9.92. The van der Waals surface area contributed by atoms with Crippen molar-refractivity contribution >= 4 is 9.04 Å². The van der Waals surface area contributed by atoms with E-state index in [1.165, 1.54) is 30.0 Å². The maximum Gasteiger partial charge on any atom is 0.187 e. The molecular weight excluding hydrogens is 272 g/mol. The number of hydrogen-bond acceptors (Lipinski definition) is 1. The highest BCUT2D eigenvalue weighted by Gasteiger charge is 2.39. The molecule has 2 atom stereocenters. The molecule has 0 amide bonds. The Labute approximate surface area is 129 Å². The van der Waals surface area contributed by atoms with Crippen molar-refractivity contribution in [2.45, 2.75) is 37.3 Å². The van der Waals surface area contributed by atoms with Gasteiger partial charge in [-0.3, -0.25) is 0 Å². The van der Waals surface area contributed by atoms with E-state index in [-0.39, 0.29) is 5.04 Å². The molecule has 3 rings (SSSR count). The molecule has 1 nitrogen and oxygen atoms in total. The third-order valence-electron chi connectivity index (χ3n) is 4.74. The zero-order valence-electron chi connectivity index (χ0n) is 12.8. The standard InChI is InChI=1S/C19H24OSi/c1-19(18-12-6-3-7-13-18,21-15-9-8-14-20-21)16-17-10-4-2-5-11-17/h2-7,10-13,21H,8-9,14-16H2,1H3. The first-order valence-electron chi connectivity index (χ1n) is 8.00. The molecule has 0 radical (unpaired) electrons. The number of hydrogen-bond donors (Lipinski definition) is 0. The van der Waals surface area contributed by atoms with Crippen LogP contribution in [0.4, 0.5) is 0 Å². The lowest BCUT2D eigenvalue weighted by molar-refractivity contribution is 0.266. The van der Waals surface area contributed by atoms with Crippen molar-refractivity contribution < 1.29 is 4.43 Å². The topological polar surface area (TPSA) is 9.23 Å². The molecule has 1 heterocycles. The molecule has 21 heavy (non-hydrogen) atoms. The van der Waals surface area contributed by atoms with Gasteiger partial charge in [-0.15, -0.1) is 0 Å². The normalized spacial score (nSPS) is 21.7. The molecule has 0 bridgehead atoms. The molecule has 110 valence electrons. The molecule has 0 aromatic heterocycles. The summed E-state index contributed by atoms with van der Waals surface area (Å²) in [5.74, 6) is 0. The second-order valence-corrected chi connectivity index (χ2v) is 9.46. The summed E-state index contributed by atoms with van der Waals surface area (Å²) >= 11 is 0. The van der Waals surface area contributed by atoms with E-state index in [4.69, 9.17) is 4.43 Å². The molecule has 2 aromatic rings. The quantitative estimate of drug-likeness (QED) is 0.766. The Morgan fingerprint density at radius 3 is 2.24 bits per heavy atom. The van der Waals surface area contributed by atoms with E-state index >= 15 is 0 Å². The Balaban J connectivity index is 1.94. The second kappa shape index (κ2) is 6.59. The predicted octanol–water partition coefficient (Wildman–Crippen LogP) is 4.26. The van der Waals surface area contributed by atoms with Crippen molar-refractivity contribution in [2.75, 3.05) is 6.61 Å². The lowest BCUT2D eigenvalue weighted by Crippen LogP contribution is -2.46. The lowest BCUT2D eigenvalue weighted by Gasteiger charge is -2.39. The molecule has 0 N–H and O–H groups in total. The molecule has 1 aliphatic rings. The minimum atomic E-state index is -1.25. The summed E-state index contributed by atoms with van der Waals surface area (Å²) in [7, 11) is -1.25. The van der Waals surface area contributed by atoms with Gasteiger partial charge >= 0.3 is 0 Å². The van der Waals surface area contributed by atoms with Crippen LogP contribution in [-0.4, -0.2) is 15.6 Å². The fraction of sp³-hybridized carbons (Fsp3) is 0.368. The fourth-order valence-corrected chi connectivity index (χ4v) is 6.79. The van der Waals surface area contributed by atoms with E-state index in [1.54, 1.807) is 0 Å². The average molecular weight is 296 g/mol. The first-order chi connectivity index (χ1) is 10.3. The maximum absolute atomic E-state index is 6.31. The van der Waals surface area contributed by atoms with Crippen LogP contribution in [0.3, 0.4) is 0 Å². The molecule has 2 unspecified atom stereocenters. The molecule has 0 aliphatic carbocycles. The summed E-state index contributed by atoms with van der Waals surface area (Å²) in [5.41, 5.74) is 2.87. The summed E-state index contributed by atoms with van der Waals surface area (Å²) in [5, 5.41) is 0.184. The Bertz CT molecular complexity index is 548. The van der Waals surface area contributed by atoms with E-state index in [2.05, 4.69) is 67.6 Å². The first kappa shape index (κ1) is 14.5. The highest BCUT2D eigenvalue weighted by Crippen LogP contribution is 2.35. The van der Waals surface area contributed by atoms with Crippen LogP contribution in [-0.2, 0) is 15.9 Å². The summed E-state index contributed by atoms with van der Waals surface area (Å²) in [6.45, 7) is 3.39. The van der Waals surface area contributed by atoms with Gasteiger partial charge in [-0.25, -0.2) is 0 Å². The maximum atomic E-state index is 6.31. The fourth-order valence-electron chi connectivity index (χ4n) is 3.48. The highest BCUT2D eigenvalue weighted by atomic mass is 28.3. The highest BCUT2D eigenvalue weighted by molar-refractivity contribution is 6.55. The Morgan fingerprint density at radius 2 is 1.62 bits per heavy atom. The van der Waals surface area contributed by atoms with Gasteiger partial charge < -0.3 is 4.43 Å². The zero-order chi connectivity index (χ0) is 14.5. The van der Waals surface area contributed by atoms with Crippen LogP contribution in [0.25, 0.3) is 0 Å². The van der Waals surface area contributed by atoms with Gasteiger partial charge in [0.2, 0.25) is 0 Å². The van der Waals surface area contributed by atoms with Crippen LogP contribution < -0.4 is 0 Å². The van der Waals surface area contributed by atoms with Gasteiger partial charge in [-0.1, -0.05) is 74.0 Å². The van der Waals surface area contributed by atoms with E-state index in [1.807, 2.05) is 0 Å². The average Bonchev–Trinajstić information content (AvgIpc) is 2.57. The van der Waals surface area contributed by atoms with E-state index in [0.29, 0.717) is 0 Å². The minimum Gasteiger partial charge on any atom is -0.419 e. The van der Waals surface area contributed by atoms with Crippen LogP contribution in [0, 0.1) is 0 Å². The molecule has 2 heteroatoms. The second-order valence-electron chi connectivity index (χ2n) is 6.30. The van der Waals surface area contributed by atoms with Crippen molar-refractivity contribution in [1.29, 1.82) is 0 Å². The van der Waals surface area contributed by atoms with Gasteiger partial charge in [0.1, 0.15) is 0 Å². The van der Waals surface area contributed by atoms with Gasteiger partial charge in [0.15, 0.2) is 9.04 Å². The van der Waals surface area contributed by atoms with Crippen molar-refractivity contribution in [2.24, 2.45) is 0 Å². The van der Waals surface area contributed by atoms with E-state index in [9.17, 15) is 0 Å².